The quantitative estimate of drug-likeness (QED) is 0.859. The molecule has 8 heteroatoms. The molecule has 0 aliphatic heterocycles. The second kappa shape index (κ2) is 6.46. The average molecular weight is 332 g/mol. The number of ether oxygens (including phenoxy) is 1. The number of esters is 1. The van der Waals surface area contributed by atoms with Crippen LogP contribution in [0.15, 0.2) is 10.7 Å². The third kappa shape index (κ3) is 2.91. The summed E-state index contributed by atoms with van der Waals surface area (Å²) in [6.45, 7) is 4.10. The average Bonchev–Trinajstić information content (AvgIpc) is 3.11. The molecule has 0 aromatic carbocycles. The molecule has 2 aromatic heterocycles. The van der Waals surface area contributed by atoms with Crippen LogP contribution in [-0.2, 0) is 24.6 Å². The van der Waals surface area contributed by atoms with Gasteiger partial charge in [-0.05, 0) is 25.7 Å². The lowest BCUT2D eigenvalue weighted by Gasteiger charge is -2.16. The Morgan fingerprint density at radius 2 is 2.29 bits per heavy atom. The fourth-order valence-electron chi connectivity index (χ4n) is 2.87. The number of aromatic nitrogens is 3. The van der Waals surface area contributed by atoms with Crippen LogP contribution in [0.2, 0.25) is 0 Å². The zero-order valence-corrected chi connectivity index (χ0v) is 14.0. The third-order valence-electron chi connectivity index (χ3n) is 4.17. The van der Waals surface area contributed by atoms with Gasteiger partial charge in [-0.15, -0.1) is 0 Å². The van der Waals surface area contributed by atoms with E-state index in [1.807, 2.05) is 0 Å². The van der Waals surface area contributed by atoms with Gasteiger partial charge in [0, 0.05) is 19.0 Å². The molecule has 0 bridgehead atoms. The van der Waals surface area contributed by atoms with Crippen molar-refractivity contribution in [3.8, 4) is 0 Å². The van der Waals surface area contributed by atoms with Gasteiger partial charge in [0.25, 0.3) is 5.91 Å². The summed E-state index contributed by atoms with van der Waals surface area (Å²) in [5.74, 6) is 0.586. The molecule has 24 heavy (non-hydrogen) atoms. The van der Waals surface area contributed by atoms with E-state index in [0.717, 1.165) is 30.6 Å². The molecule has 0 saturated heterocycles. The molecule has 0 saturated carbocycles. The molecule has 1 aliphatic carbocycles. The van der Waals surface area contributed by atoms with Crippen LogP contribution in [0, 0.1) is 5.92 Å². The van der Waals surface area contributed by atoms with Crippen LogP contribution in [0.25, 0.3) is 0 Å². The number of aryl methyl sites for hydroxylation is 2. The zero-order valence-electron chi connectivity index (χ0n) is 14.0. The minimum atomic E-state index is -0.531. The molecule has 0 spiro atoms. The largest absolute Gasteiger partial charge is 0.462 e. The lowest BCUT2D eigenvalue weighted by Crippen LogP contribution is -2.20. The summed E-state index contributed by atoms with van der Waals surface area (Å²) in [5, 5.41) is 10.6. The number of carbonyl (C=O) groups is 2. The normalized spacial score (nSPS) is 16.5. The van der Waals surface area contributed by atoms with E-state index in [2.05, 4.69) is 22.5 Å². The van der Waals surface area contributed by atoms with Gasteiger partial charge in [0.05, 0.1) is 12.8 Å². The van der Waals surface area contributed by atoms with Gasteiger partial charge in [0.1, 0.15) is 17.1 Å². The van der Waals surface area contributed by atoms with Crippen LogP contribution in [-0.4, -0.2) is 33.4 Å². The van der Waals surface area contributed by atoms with Gasteiger partial charge in [-0.2, -0.15) is 5.10 Å². The Hall–Kier alpha value is -2.64. The zero-order chi connectivity index (χ0) is 17.3. The molecule has 1 amide bonds. The van der Waals surface area contributed by atoms with E-state index < -0.39 is 11.9 Å². The molecule has 2 aromatic rings. The number of nitrogens with one attached hydrogen (secondary N) is 1. The fourth-order valence-corrected chi connectivity index (χ4v) is 2.87. The molecule has 128 valence electrons. The number of amides is 1. The first-order valence-electron chi connectivity index (χ1n) is 7.99. The van der Waals surface area contributed by atoms with E-state index >= 15 is 0 Å². The van der Waals surface area contributed by atoms with Gasteiger partial charge < -0.3 is 14.6 Å². The van der Waals surface area contributed by atoms with Crippen molar-refractivity contribution in [2.45, 2.75) is 33.1 Å². The molecule has 0 radical (unpaired) electrons. The van der Waals surface area contributed by atoms with Crippen molar-refractivity contribution in [3.05, 3.63) is 28.8 Å². The maximum atomic E-state index is 12.6. The van der Waals surface area contributed by atoms with Crippen molar-refractivity contribution in [1.82, 2.24) is 14.9 Å². The number of carbonyl (C=O) groups excluding carboxylic acids is 2. The predicted octanol–water partition coefficient (Wildman–Crippen LogP) is 1.96. The van der Waals surface area contributed by atoms with Crippen LogP contribution >= 0.6 is 0 Å². The van der Waals surface area contributed by atoms with Crippen LogP contribution in [0.1, 0.15) is 52.4 Å². The molecule has 1 atom stereocenters. The maximum absolute atomic E-state index is 12.6. The summed E-state index contributed by atoms with van der Waals surface area (Å²) in [6.07, 6.45) is 3.94. The van der Waals surface area contributed by atoms with Crippen LogP contribution in [0.5, 0.6) is 0 Å². The second-order valence-corrected chi connectivity index (χ2v) is 5.99. The first kappa shape index (κ1) is 16.2. The Labute approximate surface area is 139 Å². The number of anilines is 1. The Bertz CT molecular complexity index is 777. The summed E-state index contributed by atoms with van der Waals surface area (Å²) in [6, 6.07) is 0. The number of hydrogen-bond donors (Lipinski definition) is 1. The van der Waals surface area contributed by atoms with Crippen molar-refractivity contribution in [2.75, 3.05) is 11.9 Å². The van der Waals surface area contributed by atoms with Crippen LogP contribution in [0.4, 0.5) is 5.82 Å². The summed E-state index contributed by atoms with van der Waals surface area (Å²) in [4.78, 5) is 24.6. The summed E-state index contributed by atoms with van der Waals surface area (Å²) >= 11 is 0. The van der Waals surface area contributed by atoms with Crippen LogP contribution in [0.3, 0.4) is 0 Å². The van der Waals surface area contributed by atoms with E-state index in [1.54, 1.807) is 14.0 Å². The predicted molar refractivity (Wildman–Crippen MR) is 84.8 cm³/mol. The molecule has 1 aliphatic rings. The van der Waals surface area contributed by atoms with Crippen molar-refractivity contribution < 1.29 is 18.8 Å². The molecule has 0 fully saturated rings. The third-order valence-corrected chi connectivity index (χ3v) is 4.17. The van der Waals surface area contributed by atoms with Gasteiger partial charge in [0.15, 0.2) is 5.69 Å². The number of nitrogens with zero attached hydrogens (tertiary/aromatic N) is 3. The highest BCUT2D eigenvalue weighted by Gasteiger charge is 2.28. The van der Waals surface area contributed by atoms with Gasteiger partial charge in [-0.3, -0.25) is 9.48 Å². The van der Waals surface area contributed by atoms with Gasteiger partial charge in [-0.25, -0.2) is 4.79 Å². The number of hydrogen-bond acceptors (Lipinski definition) is 6. The van der Waals surface area contributed by atoms with Gasteiger partial charge in [0.2, 0.25) is 0 Å². The standard InChI is InChI=1S/C16H20N4O4/c1-4-23-16(22)11-8-17-20(3)14(11)18-15(21)13-10-7-9(2)5-6-12(10)24-19-13/h8-9H,4-7H2,1-3H3,(H,18,21)/t9-/m1/s1. The Kier molecular flexibility index (Phi) is 4.37. The highest BCUT2D eigenvalue weighted by Crippen LogP contribution is 2.28. The highest BCUT2D eigenvalue weighted by atomic mass is 16.5. The van der Waals surface area contributed by atoms with Gasteiger partial charge >= 0.3 is 5.97 Å². The summed E-state index contributed by atoms with van der Waals surface area (Å²) in [7, 11) is 1.64. The molecule has 0 unspecified atom stereocenters. The topological polar surface area (TPSA) is 99.2 Å². The first-order chi connectivity index (χ1) is 11.5. The Morgan fingerprint density at radius 3 is 3.04 bits per heavy atom. The second-order valence-electron chi connectivity index (χ2n) is 5.99. The van der Waals surface area contributed by atoms with E-state index in [1.165, 1.54) is 10.9 Å². The summed E-state index contributed by atoms with van der Waals surface area (Å²) in [5.41, 5.74) is 1.33. The Morgan fingerprint density at radius 1 is 1.50 bits per heavy atom. The molecule has 3 rings (SSSR count). The van der Waals surface area contributed by atoms with E-state index in [-0.39, 0.29) is 23.7 Å². The summed E-state index contributed by atoms with van der Waals surface area (Å²) < 4.78 is 11.7. The lowest BCUT2D eigenvalue weighted by atomic mass is 9.88. The van der Waals surface area contributed by atoms with Gasteiger partial charge in [-0.1, -0.05) is 12.1 Å². The SMILES string of the molecule is CCOC(=O)c1cnn(C)c1NC(=O)c1noc2c1C[C@H](C)CC2. The molecule has 1 N–H and O–H groups in total. The van der Waals surface area contributed by atoms with Crippen molar-refractivity contribution in [3.63, 3.8) is 0 Å². The monoisotopic (exact) mass is 332 g/mol. The number of rotatable bonds is 4. The van der Waals surface area contributed by atoms with E-state index in [4.69, 9.17) is 9.26 Å². The van der Waals surface area contributed by atoms with E-state index in [9.17, 15) is 9.59 Å². The van der Waals surface area contributed by atoms with Crippen molar-refractivity contribution >= 4 is 17.7 Å². The highest BCUT2D eigenvalue weighted by molar-refractivity contribution is 6.07. The minimum absolute atomic E-state index is 0.207. The van der Waals surface area contributed by atoms with E-state index in [0.29, 0.717) is 5.92 Å². The fraction of sp³-hybridized carbons (Fsp3) is 0.500. The smallest absolute Gasteiger partial charge is 0.343 e. The first-order valence-corrected chi connectivity index (χ1v) is 7.99. The molecule has 2 heterocycles. The van der Waals surface area contributed by atoms with Crippen molar-refractivity contribution in [2.24, 2.45) is 13.0 Å². The molecular formula is C16H20N4O4. The maximum Gasteiger partial charge on any atom is 0.343 e. The molecule has 8 nitrogen and oxygen atoms in total. The minimum Gasteiger partial charge on any atom is -0.462 e. The lowest BCUT2D eigenvalue weighted by molar-refractivity contribution is 0.0527. The Balaban J connectivity index is 1.85. The molecular weight excluding hydrogens is 312 g/mol. The van der Waals surface area contributed by atoms with Crippen molar-refractivity contribution in [1.29, 1.82) is 0 Å². The number of fused-ring (bicyclic) bond motifs is 1. The van der Waals surface area contributed by atoms with Crippen LogP contribution < -0.4 is 5.32 Å².